The summed E-state index contributed by atoms with van der Waals surface area (Å²) < 4.78 is 7.47. The summed E-state index contributed by atoms with van der Waals surface area (Å²) in [6, 6.07) is 8.38. The first-order valence-corrected chi connectivity index (χ1v) is 5.72. The molecule has 0 amide bonds. The Morgan fingerprint density at radius 1 is 1.41 bits per heavy atom. The van der Waals surface area contributed by atoms with E-state index in [1.54, 1.807) is 6.20 Å². The van der Waals surface area contributed by atoms with Crippen LogP contribution in [0.4, 0.5) is 5.82 Å². The smallest absolute Gasteiger partial charge is 0.125 e. The highest BCUT2D eigenvalue weighted by atomic mass is 16.5. The molecule has 1 aliphatic rings. The molecular weight excluding hydrogens is 214 g/mol. The summed E-state index contributed by atoms with van der Waals surface area (Å²) in [5.41, 5.74) is 9.52. The van der Waals surface area contributed by atoms with E-state index < -0.39 is 0 Å². The summed E-state index contributed by atoms with van der Waals surface area (Å²) >= 11 is 0. The second-order valence-electron chi connectivity index (χ2n) is 4.39. The largest absolute Gasteiger partial charge is 0.384 e. The first-order valence-electron chi connectivity index (χ1n) is 5.72. The molecule has 2 N–H and O–H groups in total. The van der Waals surface area contributed by atoms with Gasteiger partial charge < -0.3 is 10.5 Å². The second-order valence-corrected chi connectivity index (χ2v) is 4.39. The van der Waals surface area contributed by atoms with E-state index in [2.05, 4.69) is 17.2 Å². The second kappa shape index (κ2) is 3.89. The molecule has 1 aromatic heterocycles. The molecule has 0 aliphatic carbocycles. The first-order chi connectivity index (χ1) is 8.27. The van der Waals surface area contributed by atoms with Crippen molar-refractivity contribution < 1.29 is 4.74 Å². The normalized spacial score (nSPS) is 19.0. The van der Waals surface area contributed by atoms with Gasteiger partial charge in [0.2, 0.25) is 0 Å². The maximum Gasteiger partial charge on any atom is 0.125 e. The number of hydrogen-bond acceptors (Lipinski definition) is 3. The standard InChI is InChI=1S/C13H15N3O/c1-9-6-15-16(13(9)14)12-8-17-7-10-4-2-3-5-11(10)12/h2-6,12H,7-8,14H2,1H3. The van der Waals surface area contributed by atoms with E-state index in [0.29, 0.717) is 13.2 Å². The molecule has 0 bridgehead atoms. The van der Waals surface area contributed by atoms with Gasteiger partial charge in [0.05, 0.1) is 19.4 Å². The topological polar surface area (TPSA) is 53.1 Å². The van der Waals surface area contributed by atoms with Gasteiger partial charge in [-0.05, 0) is 18.1 Å². The van der Waals surface area contributed by atoms with Crippen molar-refractivity contribution in [2.24, 2.45) is 0 Å². The van der Waals surface area contributed by atoms with E-state index in [4.69, 9.17) is 10.5 Å². The minimum atomic E-state index is 0.0913. The van der Waals surface area contributed by atoms with Crippen molar-refractivity contribution in [2.45, 2.75) is 19.6 Å². The van der Waals surface area contributed by atoms with Crippen molar-refractivity contribution >= 4 is 5.82 Å². The summed E-state index contributed by atoms with van der Waals surface area (Å²) in [5, 5.41) is 4.35. The van der Waals surface area contributed by atoms with Gasteiger partial charge in [0.25, 0.3) is 0 Å². The van der Waals surface area contributed by atoms with Gasteiger partial charge in [-0.15, -0.1) is 0 Å². The van der Waals surface area contributed by atoms with Crippen molar-refractivity contribution in [1.82, 2.24) is 9.78 Å². The van der Waals surface area contributed by atoms with Gasteiger partial charge in [-0.3, -0.25) is 0 Å². The van der Waals surface area contributed by atoms with Gasteiger partial charge >= 0.3 is 0 Å². The van der Waals surface area contributed by atoms with Gasteiger partial charge in [0, 0.05) is 5.56 Å². The molecule has 0 spiro atoms. The zero-order valence-electron chi connectivity index (χ0n) is 9.76. The highest BCUT2D eigenvalue weighted by Crippen LogP contribution is 2.29. The Balaban J connectivity index is 2.09. The van der Waals surface area contributed by atoms with Crippen LogP contribution in [0.1, 0.15) is 22.7 Å². The molecule has 3 rings (SSSR count). The van der Waals surface area contributed by atoms with Crippen LogP contribution < -0.4 is 5.73 Å². The minimum absolute atomic E-state index is 0.0913. The van der Waals surface area contributed by atoms with Crippen LogP contribution in [0.2, 0.25) is 0 Å². The summed E-state index contributed by atoms with van der Waals surface area (Å²) in [6.45, 7) is 3.27. The third-order valence-corrected chi connectivity index (χ3v) is 3.27. The predicted molar refractivity (Wildman–Crippen MR) is 65.6 cm³/mol. The highest BCUT2D eigenvalue weighted by molar-refractivity contribution is 5.41. The van der Waals surface area contributed by atoms with Gasteiger partial charge in [-0.1, -0.05) is 24.3 Å². The Labute approximate surface area is 100 Å². The van der Waals surface area contributed by atoms with E-state index in [9.17, 15) is 0 Å². The quantitative estimate of drug-likeness (QED) is 0.812. The number of nitrogen functional groups attached to an aromatic ring is 1. The molecule has 1 unspecified atom stereocenters. The SMILES string of the molecule is Cc1cnn(C2COCc3ccccc32)c1N. The Morgan fingerprint density at radius 3 is 3.00 bits per heavy atom. The third kappa shape index (κ3) is 1.61. The fourth-order valence-electron chi connectivity index (χ4n) is 2.27. The number of ether oxygens (including phenoxy) is 1. The summed E-state index contributed by atoms with van der Waals surface area (Å²) in [7, 11) is 0. The minimum Gasteiger partial charge on any atom is -0.384 e. The molecule has 1 aromatic carbocycles. The number of nitrogens with two attached hydrogens (primary N) is 1. The molecule has 1 atom stereocenters. The van der Waals surface area contributed by atoms with E-state index in [0.717, 1.165) is 11.4 Å². The molecule has 4 nitrogen and oxygen atoms in total. The van der Waals surface area contributed by atoms with Crippen molar-refractivity contribution in [1.29, 1.82) is 0 Å². The molecule has 2 aromatic rings. The molecule has 0 saturated carbocycles. The van der Waals surface area contributed by atoms with Crippen LogP contribution in [0.3, 0.4) is 0 Å². The van der Waals surface area contributed by atoms with Gasteiger partial charge in [0.15, 0.2) is 0 Å². The molecule has 0 saturated heterocycles. The number of aryl methyl sites for hydroxylation is 1. The van der Waals surface area contributed by atoms with Crippen LogP contribution in [0.25, 0.3) is 0 Å². The number of rotatable bonds is 1. The number of aromatic nitrogens is 2. The van der Waals surface area contributed by atoms with Crippen LogP contribution in [-0.4, -0.2) is 16.4 Å². The fourth-order valence-corrected chi connectivity index (χ4v) is 2.27. The van der Waals surface area contributed by atoms with Crippen LogP contribution >= 0.6 is 0 Å². The van der Waals surface area contributed by atoms with E-state index in [1.807, 2.05) is 23.7 Å². The Bertz CT molecular complexity index is 547. The molecule has 17 heavy (non-hydrogen) atoms. The Morgan fingerprint density at radius 2 is 2.24 bits per heavy atom. The first kappa shape index (κ1) is 10.4. The maximum atomic E-state index is 6.04. The lowest BCUT2D eigenvalue weighted by Crippen LogP contribution is -2.24. The zero-order chi connectivity index (χ0) is 11.8. The fraction of sp³-hybridized carbons (Fsp3) is 0.308. The number of hydrogen-bond donors (Lipinski definition) is 1. The molecule has 0 radical (unpaired) electrons. The Hall–Kier alpha value is -1.81. The molecule has 4 heteroatoms. The maximum absolute atomic E-state index is 6.04. The van der Waals surface area contributed by atoms with E-state index >= 15 is 0 Å². The monoisotopic (exact) mass is 229 g/mol. The van der Waals surface area contributed by atoms with E-state index in [1.165, 1.54) is 11.1 Å². The van der Waals surface area contributed by atoms with Crippen LogP contribution in [0, 0.1) is 6.92 Å². The lowest BCUT2D eigenvalue weighted by molar-refractivity contribution is 0.0810. The molecular formula is C13H15N3O. The summed E-state index contributed by atoms with van der Waals surface area (Å²) in [6.07, 6.45) is 1.80. The average molecular weight is 229 g/mol. The van der Waals surface area contributed by atoms with Gasteiger partial charge in [-0.2, -0.15) is 5.10 Å². The number of benzene rings is 1. The summed E-state index contributed by atoms with van der Waals surface area (Å²) in [5.74, 6) is 0.718. The van der Waals surface area contributed by atoms with Crippen LogP contribution in [0.15, 0.2) is 30.5 Å². The van der Waals surface area contributed by atoms with Crippen molar-refractivity contribution in [2.75, 3.05) is 12.3 Å². The van der Waals surface area contributed by atoms with Crippen molar-refractivity contribution in [3.05, 3.63) is 47.2 Å². The number of nitrogens with zero attached hydrogens (tertiary/aromatic N) is 2. The lowest BCUT2D eigenvalue weighted by atomic mass is 9.99. The molecule has 2 heterocycles. The zero-order valence-corrected chi connectivity index (χ0v) is 9.76. The van der Waals surface area contributed by atoms with E-state index in [-0.39, 0.29) is 6.04 Å². The Kier molecular flexibility index (Phi) is 2.37. The number of anilines is 1. The molecule has 1 aliphatic heterocycles. The third-order valence-electron chi connectivity index (χ3n) is 3.27. The van der Waals surface area contributed by atoms with Crippen LogP contribution in [-0.2, 0) is 11.3 Å². The van der Waals surface area contributed by atoms with Crippen LogP contribution in [0.5, 0.6) is 0 Å². The molecule has 88 valence electrons. The lowest BCUT2D eigenvalue weighted by Gasteiger charge is -2.26. The average Bonchev–Trinajstić information content (AvgIpc) is 2.69. The highest BCUT2D eigenvalue weighted by Gasteiger charge is 2.24. The summed E-state index contributed by atoms with van der Waals surface area (Å²) in [4.78, 5) is 0. The van der Waals surface area contributed by atoms with Crippen molar-refractivity contribution in [3.8, 4) is 0 Å². The number of fused-ring (bicyclic) bond motifs is 1. The van der Waals surface area contributed by atoms with Crippen molar-refractivity contribution in [3.63, 3.8) is 0 Å². The van der Waals surface area contributed by atoms with Gasteiger partial charge in [0.1, 0.15) is 11.9 Å². The van der Waals surface area contributed by atoms with Gasteiger partial charge in [-0.25, -0.2) is 4.68 Å². The predicted octanol–water partition coefficient (Wildman–Crippen LogP) is 1.89. The molecule has 0 fully saturated rings.